The molecule has 0 spiro atoms. The fourth-order valence-electron chi connectivity index (χ4n) is 1.71. The number of carbonyl (C=O) groups is 2. The van der Waals surface area contributed by atoms with Gasteiger partial charge in [-0.15, -0.1) is 0 Å². The van der Waals surface area contributed by atoms with Gasteiger partial charge in [0.2, 0.25) is 11.6 Å². The molecule has 102 valence electrons. The molecule has 0 saturated heterocycles. The Bertz CT molecular complexity index is 685. The molecule has 2 aromatic heterocycles. The molecule has 0 amide bonds. The topological polar surface area (TPSA) is 80.4 Å². The van der Waals surface area contributed by atoms with E-state index in [0.717, 1.165) is 11.3 Å². The van der Waals surface area contributed by atoms with Crippen LogP contribution < -0.4 is 0 Å². The number of furan rings is 1. The lowest BCUT2D eigenvalue weighted by molar-refractivity contribution is -0.135. The van der Waals surface area contributed by atoms with E-state index in [2.05, 4.69) is 11.6 Å². The Morgan fingerprint density at radius 2 is 2.10 bits per heavy atom. The number of pyridine rings is 1. The number of rotatable bonds is 5. The number of ketones is 2. The summed E-state index contributed by atoms with van der Waals surface area (Å²) < 4.78 is 5.52. The number of Topliss-reactive ketones (excluding diaryl/α,β-unsaturated/α-hetero) is 2. The van der Waals surface area contributed by atoms with Gasteiger partial charge in [0.15, 0.2) is 0 Å². The van der Waals surface area contributed by atoms with Gasteiger partial charge in [0.05, 0.1) is 5.57 Å². The molecular formula is C15H13NO4. The Morgan fingerprint density at radius 1 is 1.35 bits per heavy atom. The number of aliphatic hydroxyl groups is 1. The second kappa shape index (κ2) is 5.63. The van der Waals surface area contributed by atoms with Crippen LogP contribution in [-0.2, 0) is 9.59 Å². The van der Waals surface area contributed by atoms with Crippen molar-refractivity contribution in [3.63, 3.8) is 0 Å². The zero-order chi connectivity index (χ0) is 14.7. The Kier molecular flexibility index (Phi) is 3.91. The van der Waals surface area contributed by atoms with Gasteiger partial charge < -0.3 is 9.52 Å². The van der Waals surface area contributed by atoms with Gasteiger partial charge in [-0.25, -0.2) is 0 Å². The number of allylic oxidation sites excluding steroid dienone is 1. The van der Waals surface area contributed by atoms with E-state index in [4.69, 9.17) is 9.52 Å². The van der Waals surface area contributed by atoms with Crippen molar-refractivity contribution in [3.8, 4) is 11.3 Å². The SMILES string of the molecule is C=C(C(=O)C(=O)CO)c1ccc(-c2ccnc(C)c2)o1. The van der Waals surface area contributed by atoms with Crippen LogP contribution in [0.5, 0.6) is 0 Å². The van der Waals surface area contributed by atoms with Crippen molar-refractivity contribution in [1.82, 2.24) is 4.98 Å². The maximum absolute atomic E-state index is 11.6. The first-order valence-electron chi connectivity index (χ1n) is 5.93. The Hall–Kier alpha value is -2.53. The number of hydrogen-bond donors (Lipinski definition) is 1. The molecule has 2 rings (SSSR count). The maximum atomic E-state index is 11.6. The van der Waals surface area contributed by atoms with Gasteiger partial charge >= 0.3 is 0 Å². The van der Waals surface area contributed by atoms with Crippen LogP contribution >= 0.6 is 0 Å². The Labute approximate surface area is 115 Å². The van der Waals surface area contributed by atoms with Crippen molar-refractivity contribution in [2.24, 2.45) is 0 Å². The molecule has 0 aromatic carbocycles. The highest BCUT2D eigenvalue weighted by Gasteiger charge is 2.20. The molecule has 0 bridgehead atoms. The quantitative estimate of drug-likeness (QED) is 0.662. The van der Waals surface area contributed by atoms with Crippen molar-refractivity contribution in [3.05, 3.63) is 48.5 Å². The molecule has 2 heterocycles. The first kappa shape index (κ1) is 13.9. The van der Waals surface area contributed by atoms with E-state index in [9.17, 15) is 9.59 Å². The first-order valence-corrected chi connectivity index (χ1v) is 5.93. The minimum atomic E-state index is -0.910. The first-order chi connectivity index (χ1) is 9.52. The standard InChI is InChI=1S/C15H13NO4/c1-9-7-11(5-6-16-9)14-4-3-13(20-14)10(2)15(19)12(18)8-17/h3-7,17H,2,8H2,1H3. The molecule has 0 aliphatic rings. The average Bonchev–Trinajstić information content (AvgIpc) is 2.94. The second-order valence-electron chi connectivity index (χ2n) is 4.24. The van der Waals surface area contributed by atoms with Gasteiger partial charge in [-0.2, -0.15) is 0 Å². The van der Waals surface area contributed by atoms with Gasteiger partial charge in [0, 0.05) is 17.5 Å². The second-order valence-corrected chi connectivity index (χ2v) is 4.24. The average molecular weight is 271 g/mol. The van der Waals surface area contributed by atoms with E-state index >= 15 is 0 Å². The van der Waals surface area contributed by atoms with E-state index in [1.807, 2.05) is 13.0 Å². The number of nitrogens with zero attached hydrogens (tertiary/aromatic N) is 1. The van der Waals surface area contributed by atoms with Crippen LogP contribution in [0.2, 0.25) is 0 Å². The normalized spacial score (nSPS) is 10.3. The fourth-order valence-corrected chi connectivity index (χ4v) is 1.71. The highest BCUT2D eigenvalue weighted by molar-refractivity contribution is 6.53. The van der Waals surface area contributed by atoms with E-state index < -0.39 is 18.2 Å². The highest BCUT2D eigenvalue weighted by atomic mass is 16.3. The molecule has 0 radical (unpaired) electrons. The molecule has 0 saturated carbocycles. The molecule has 1 N–H and O–H groups in total. The Balaban J connectivity index is 2.27. The van der Waals surface area contributed by atoms with Gasteiger partial charge in [-0.3, -0.25) is 14.6 Å². The lowest BCUT2D eigenvalue weighted by atomic mass is 10.1. The summed E-state index contributed by atoms with van der Waals surface area (Å²) in [6, 6.07) is 6.87. The number of aryl methyl sites for hydroxylation is 1. The van der Waals surface area contributed by atoms with Crippen LogP contribution in [0.1, 0.15) is 11.5 Å². The number of carbonyl (C=O) groups excluding carboxylic acids is 2. The summed E-state index contributed by atoms with van der Waals surface area (Å²) in [6.07, 6.45) is 1.65. The highest BCUT2D eigenvalue weighted by Crippen LogP contribution is 2.25. The predicted octanol–water partition coefficient (Wildman–Crippen LogP) is 1.79. The van der Waals surface area contributed by atoms with Crippen molar-refractivity contribution in [1.29, 1.82) is 0 Å². The minimum Gasteiger partial charge on any atom is -0.456 e. The molecule has 5 heteroatoms. The van der Waals surface area contributed by atoms with Crippen molar-refractivity contribution in [2.75, 3.05) is 6.61 Å². The molecule has 0 aliphatic carbocycles. The summed E-state index contributed by atoms with van der Waals surface area (Å²) in [5.41, 5.74) is 1.59. The summed E-state index contributed by atoms with van der Waals surface area (Å²) in [7, 11) is 0. The van der Waals surface area contributed by atoms with Gasteiger partial charge in [0.25, 0.3) is 0 Å². The molecule has 0 aliphatic heterocycles. The summed E-state index contributed by atoms with van der Waals surface area (Å²) in [6.45, 7) is 4.55. The van der Waals surface area contributed by atoms with Crippen LogP contribution in [0.15, 0.2) is 41.5 Å². The zero-order valence-electron chi connectivity index (χ0n) is 10.9. The maximum Gasteiger partial charge on any atom is 0.234 e. The largest absolute Gasteiger partial charge is 0.456 e. The zero-order valence-corrected chi connectivity index (χ0v) is 10.9. The van der Waals surface area contributed by atoms with Crippen molar-refractivity contribution >= 4 is 17.1 Å². The molecule has 2 aromatic rings. The minimum absolute atomic E-state index is 0.0684. The number of aromatic nitrogens is 1. The van der Waals surface area contributed by atoms with Crippen LogP contribution in [0.4, 0.5) is 0 Å². The number of hydrogen-bond acceptors (Lipinski definition) is 5. The third-order valence-electron chi connectivity index (χ3n) is 2.76. The van der Waals surface area contributed by atoms with Crippen LogP contribution in [0, 0.1) is 6.92 Å². The fraction of sp³-hybridized carbons (Fsp3) is 0.133. The summed E-state index contributed by atoms with van der Waals surface area (Å²) in [5, 5.41) is 8.67. The number of aliphatic hydroxyl groups excluding tert-OH is 1. The van der Waals surface area contributed by atoms with Crippen LogP contribution in [0.25, 0.3) is 16.9 Å². The Morgan fingerprint density at radius 3 is 2.75 bits per heavy atom. The smallest absolute Gasteiger partial charge is 0.234 e. The molecule has 20 heavy (non-hydrogen) atoms. The van der Waals surface area contributed by atoms with E-state index in [-0.39, 0.29) is 11.3 Å². The van der Waals surface area contributed by atoms with E-state index in [0.29, 0.717) is 5.76 Å². The third kappa shape index (κ3) is 2.73. The van der Waals surface area contributed by atoms with Crippen LogP contribution in [-0.4, -0.2) is 28.3 Å². The summed E-state index contributed by atoms with van der Waals surface area (Å²) in [5.74, 6) is -0.996. The van der Waals surface area contributed by atoms with Gasteiger partial charge in [-0.05, 0) is 31.2 Å². The van der Waals surface area contributed by atoms with Gasteiger partial charge in [-0.1, -0.05) is 6.58 Å². The third-order valence-corrected chi connectivity index (χ3v) is 2.76. The van der Waals surface area contributed by atoms with Crippen LogP contribution in [0.3, 0.4) is 0 Å². The predicted molar refractivity (Wildman–Crippen MR) is 72.8 cm³/mol. The molecule has 0 unspecified atom stereocenters. The molecule has 0 fully saturated rings. The summed E-state index contributed by atoms with van der Waals surface area (Å²) in [4.78, 5) is 26.8. The summed E-state index contributed by atoms with van der Waals surface area (Å²) >= 11 is 0. The van der Waals surface area contributed by atoms with E-state index in [1.165, 1.54) is 0 Å². The van der Waals surface area contributed by atoms with E-state index in [1.54, 1.807) is 24.4 Å². The molecule has 5 nitrogen and oxygen atoms in total. The van der Waals surface area contributed by atoms with Crippen molar-refractivity contribution in [2.45, 2.75) is 6.92 Å². The molecule has 0 atom stereocenters. The molecular weight excluding hydrogens is 258 g/mol. The lowest BCUT2D eigenvalue weighted by Crippen LogP contribution is -2.18. The van der Waals surface area contributed by atoms with Gasteiger partial charge in [0.1, 0.15) is 18.1 Å². The monoisotopic (exact) mass is 271 g/mol. The van der Waals surface area contributed by atoms with Crippen molar-refractivity contribution < 1.29 is 19.1 Å². The lowest BCUT2D eigenvalue weighted by Gasteiger charge is -2.00.